The van der Waals surface area contributed by atoms with Crippen LogP contribution in [0.4, 0.5) is 30.4 Å². The Balaban J connectivity index is 1.38. The standard InChI is InChI=1S/C33H34ClF3N8O4/c1-5-23-28(43-14-19-7-8-20(15-43)45(19)32(49)27-29(47)17(2)10-11-38-27)30(48)26-31(39-13-24(41-26)42(3)4)44(23)16-25(46)40-22-9-6-18(12-21(22)34)33(35,36)37/h6,9-13,19-20,47H,5,7-8,14-16H2,1-4H3,(H,40,46)/t19-,20+. The maximum absolute atomic E-state index is 14.3. The van der Waals surface area contributed by atoms with Gasteiger partial charge in [-0.3, -0.25) is 14.4 Å². The third kappa shape index (κ3) is 6.22. The highest BCUT2D eigenvalue weighted by atomic mass is 35.5. The number of fused-ring (bicyclic) bond motifs is 3. The predicted molar refractivity (Wildman–Crippen MR) is 178 cm³/mol. The monoisotopic (exact) mass is 698 g/mol. The van der Waals surface area contributed by atoms with Gasteiger partial charge in [0, 0.05) is 39.1 Å². The van der Waals surface area contributed by atoms with Crippen LogP contribution in [0.2, 0.25) is 5.02 Å². The number of hydrogen-bond donors (Lipinski definition) is 2. The van der Waals surface area contributed by atoms with Gasteiger partial charge in [-0.2, -0.15) is 13.2 Å². The second-order valence-electron chi connectivity index (χ2n) is 12.4. The van der Waals surface area contributed by atoms with Crippen molar-refractivity contribution >= 4 is 51.8 Å². The fourth-order valence-corrected chi connectivity index (χ4v) is 6.89. The third-order valence-corrected chi connectivity index (χ3v) is 9.36. The summed E-state index contributed by atoms with van der Waals surface area (Å²) >= 11 is 6.11. The first-order valence-corrected chi connectivity index (χ1v) is 16.1. The van der Waals surface area contributed by atoms with E-state index in [1.54, 1.807) is 41.5 Å². The lowest BCUT2D eigenvalue weighted by molar-refractivity contribution is -0.137. The van der Waals surface area contributed by atoms with Crippen molar-refractivity contribution in [2.24, 2.45) is 0 Å². The zero-order chi connectivity index (χ0) is 35.4. The van der Waals surface area contributed by atoms with Gasteiger partial charge in [0.05, 0.1) is 34.6 Å². The van der Waals surface area contributed by atoms with Crippen molar-refractivity contribution in [1.29, 1.82) is 0 Å². The van der Waals surface area contributed by atoms with E-state index in [0.717, 1.165) is 18.2 Å². The number of carbonyl (C=O) groups is 2. The number of aromatic hydroxyl groups is 1. The largest absolute Gasteiger partial charge is 0.505 e. The van der Waals surface area contributed by atoms with Gasteiger partial charge in [-0.1, -0.05) is 18.5 Å². The van der Waals surface area contributed by atoms with Gasteiger partial charge in [-0.25, -0.2) is 15.0 Å². The highest BCUT2D eigenvalue weighted by Gasteiger charge is 2.45. The van der Waals surface area contributed by atoms with Crippen LogP contribution >= 0.6 is 11.6 Å². The highest BCUT2D eigenvalue weighted by molar-refractivity contribution is 6.33. The minimum atomic E-state index is -4.60. The molecule has 258 valence electrons. The van der Waals surface area contributed by atoms with Crippen LogP contribution in [0.1, 0.15) is 47.1 Å². The topological polar surface area (TPSA) is 137 Å². The number of nitrogens with zero attached hydrogens (tertiary/aromatic N) is 7. The van der Waals surface area contributed by atoms with Gasteiger partial charge < -0.3 is 29.7 Å². The van der Waals surface area contributed by atoms with Crippen LogP contribution in [-0.4, -0.2) is 80.6 Å². The molecule has 0 saturated carbocycles. The minimum absolute atomic E-state index is 0.00392. The molecule has 2 aliphatic heterocycles. The van der Waals surface area contributed by atoms with Crippen LogP contribution in [-0.2, 0) is 23.9 Å². The van der Waals surface area contributed by atoms with Gasteiger partial charge in [0.2, 0.25) is 11.3 Å². The number of amides is 2. The van der Waals surface area contributed by atoms with E-state index < -0.39 is 17.6 Å². The summed E-state index contributed by atoms with van der Waals surface area (Å²) in [5, 5.41) is 12.9. The number of piperazine rings is 1. The molecule has 0 aliphatic carbocycles. The van der Waals surface area contributed by atoms with Crippen molar-refractivity contribution in [3.8, 4) is 5.75 Å². The van der Waals surface area contributed by atoms with E-state index in [2.05, 4.69) is 20.3 Å². The molecule has 2 N–H and O–H groups in total. The molecule has 2 fully saturated rings. The second kappa shape index (κ2) is 12.8. The Morgan fingerprint density at radius 3 is 2.43 bits per heavy atom. The molecule has 2 aliphatic rings. The molecule has 2 saturated heterocycles. The van der Waals surface area contributed by atoms with E-state index in [1.165, 1.54) is 12.4 Å². The Kier molecular flexibility index (Phi) is 8.90. The van der Waals surface area contributed by atoms with E-state index in [9.17, 15) is 32.7 Å². The second-order valence-corrected chi connectivity index (χ2v) is 12.8. The molecule has 49 heavy (non-hydrogen) atoms. The molecule has 2 atom stereocenters. The summed E-state index contributed by atoms with van der Waals surface area (Å²) < 4.78 is 41.1. The zero-order valence-electron chi connectivity index (χ0n) is 27.2. The van der Waals surface area contributed by atoms with Crippen molar-refractivity contribution in [2.45, 2.75) is 57.9 Å². The quantitative estimate of drug-likeness (QED) is 0.283. The fraction of sp³-hybridized carbons (Fsp3) is 0.394. The van der Waals surface area contributed by atoms with Crippen molar-refractivity contribution in [3.63, 3.8) is 0 Å². The summed E-state index contributed by atoms with van der Waals surface area (Å²) in [5.74, 6) is -0.716. The van der Waals surface area contributed by atoms with Crippen LogP contribution in [0.3, 0.4) is 0 Å². The molecule has 0 unspecified atom stereocenters. The zero-order valence-corrected chi connectivity index (χ0v) is 27.9. The van der Waals surface area contributed by atoms with Crippen LogP contribution in [0.5, 0.6) is 5.75 Å². The van der Waals surface area contributed by atoms with Gasteiger partial charge in [-0.05, 0) is 56.0 Å². The van der Waals surface area contributed by atoms with Gasteiger partial charge in [0.1, 0.15) is 23.8 Å². The summed E-state index contributed by atoms with van der Waals surface area (Å²) in [5.41, 5.74) is 0.250. The van der Waals surface area contributed by atoms with E-state index in [4.69, 9.17) is 11.6 Å². The Morgan fingerprint density at radius 2 is 1.82 bits per heavy atom. The number of alkyl halides is 3. The summed E-state index contributed by atoms with van der Waals surface area (Å²) in [4.78, 5) is 60.1. The lowest BCUT2D eigenvalue weighted by atomic mass is 10.1. The van der Waals surface area contributed by atoms with E-state index >= 15 is 0 Å². The molecule has 0 radical (unpaired) electrons. The SMILES string of the molecule is CCc1c(N2C[C@H]3CC[C@@H](C2)N3C(=O)c2nccc(C)c2O)c(=O)c2nc(N(C)C)cnc2n1CC(=O)Nc1ccc(C(F)(F)F)cc1Cl. The number of halogens is 4. The van der Waals surface area contributed by atoms with Crippen molar-refractivity contribution in [2.75, 3.05) is 42.3 Å². The fourth-order valence-electron chi connectivity index (χ4n) is 6.66. The first kappa shape index (κ1) is 34.0. The molecule has 2 bridgehead atoms. The summed E-state index contributed by atoms with van der Waals surface area (Å²) in [6, 6.07) is 3.74. The maximum Gasteiger partial charge on any atom is 0.416 e. The molecule has 1 aromatic carbocycles. The number of rotatable bonds is 7. The van der Waals surface area contributed by atoms with E-state index in [0.29, 0.717) is 55.1 Å². The average molecular weight is 699 g/mol. The molecule has 0 spiro atoms. The molecular formula is C33H34ClF3N8O4. The first-order chi connectivity index (χ1) is 23.2. The van der Waals surface area contributed by atoms with Gasteiger partial charge >= 0.3 is 6.18 Å². The molecule has 6 rings (SSSR count). The number of pyridine rings is 2. The molecule has 2 amide bonds. The number of aryl methyl sites for hydroxylation is 1. The van der Waals surface area contributed by atoms with Gasteiger partial charge in [0.25, 0.3) is 5.91 Å². The summed E-state index contributed by atoms with van der Waals surface area (Å²) in [6.45, 7) is 3.82. The average Bonchev–Trinajstić information content (AvgIpc) is 3.32. The molecular weight excluding hydrogens is 665 g/mol. The third-order valence-electron chi connectivity index (χ3n) is 9.05. The van der Waals surface area contributed by atoms with Crippen molar-refractivity contribution < 1.29 is 27.9 Å². The number of aromatic nitrogens is 4. The molecule has 4 aromatic rings. The Labute approximate surface area is 284 Å². The maximum atomic E-state index is 14.3. The lowest BCUT2D eigenvalue weighted by Crippen LogP contribution is -2.57. The normalized spacial score (nSPS) is 17.5. The van der Waals surface area contributed by atoms with E-state index in [1.807, 2.05) is 11.8 Å². The van der Waals surface area contributed by atoms with Gasteiger partial charge in [0.15, 0.2) is 16.9 Å². The Bertz CT molecular complexity index is 2020. The number of nitrogens with one attached hydrogen (secondary N) is 1. The molecule has 3 aromatic heterocycles. The first-order valence-electron chi connectivity index (χ1n) is 15.7. The molecule has 12 nitrogen and oxygen atoms in total. The number of carbonyl (C=O) groups excluding carboxylic acids is 2. The van der Waals surface area contributed by atoms with Crippen LogP contribution in [0, 0.1) is 6.92 Å². The Morgan fingerprint density at radius 1 is 1.12 bits per heavy atom. The van der Waals surface area contributed by atoms with Crippen LogP contribution < -0.4 is 20.5 Å². The number of anilines is 3. The molecule has 16 heteroatoms. The minimum Gasteiger partial charge on any atom is -0.505 e. The Hall–Kier alpha value is -4.92. The van der Waals surface area contributed by atoms with E-state index in [-0.39, 0.29) is 63.3 Å². The highest BCUT2D eigenvalue weighted by Crippen LogP contribution is 2.37. The van der Waals surface area contributed by atoms with Crippen LogP contribution in [0.25, 0.3) is 11.2 Å². The smallest absolute Gasteiger partial charge is 0.416 e. The summed E-state index contributed by atoms with van der Waals surface area (Å²) in [6.07, 6.45) is 0.0568. The summed E-state index contributed by atoms with van der Waals surface area (Å²) in [7, 11) is 3.51. The van der Waals surface area contributed by atoms with Crippen molar-refractivity contribution in [1.82, 2.24) is 24.4 Å². The van der Waals surface area contributed by atoms with Gasteiger partial charge in [-0.15, -0.1) is 0 Å². The number of benzene rings is 1. The predicted octanol–water partition coefficient (Wildman–Crippen LogP) is 4.63. The molecule has 5 heterocycles. The lowest BCUT2D eigenvalue weighted by Gasteiger charge is -2.42. The van der Waals surface area contributed by atoms with Crippen LogP contribution in [0.15, 0.2) is 41.5 Å². The van der Waals surface area contributed by atoms with Crippen molar-refractivity contribution in [3.05, 3.63) is 74.4 Å². The number of hydrogen-bond acceptors (Lipinski definition) is 9.